The van der Waals surface area contributed by atoms with Crippen LogP contribution in [0, 0.1) is 0 Å². The van der Waals surface area contributed by atoms with E-state index in [2.05, 4.69) is 9.83 Å². The van der Waals surface area contributed by atoms with Crippen molar-refractivity contribution in [3.05, 3.63) is 0 Å². The Labute approximate surface area is 43.9 Å². The van der Waals surface area contributed by atoms with Gasteiger partial charge in [-0.15, -0.1) is 5.50 Å². The molecule has 5 heteroatoms. The van der Waals surface area contributed by atoms with Gasteiger partial charge in [0.25, 0.3) is 0 Å². The number of nitrogens with two attached hydrogens (primary N) is 2. The first kappa shape index (κ1) is 6.98. The summed E-state index contributed by atoms with van der Waals surface area (Å²) in [6.45, 7) is 0.402. The van der Waals surface area contributed by atoms with Gasteiger partial charge in [-0.25, -0.2) is 0 Å². The van der Waals surface area contributed by atoms with Gasteiger partial charge in [-0.05, 0) is 0 Å². The van der Waals surface area contributed by atoms with Crippen LogP contribution in [0.5, 0.6) is 0 Å². The van der Waals surface area contributed by atoms with Crippen LogP contribution in [0.15, 0.2) is 4.74 Å². The fourth-order valence-electron chi connectivity index (χ4n) is 0.164. The van der Waals surface area contributed by atoms with Crippen molar-refractivity contribution < 1.29 is 0 Å². The molecule has 1 unspecified atom stereocenters. The minimum Gasteiger partial charge on any atom is -0.315 e. The van der Waals surface area contributed by atoms with Crippen molar-refractivity contribution >= 4 is 8.01 Å². The van der Waals surface area contributed by atoms with Crippen LogP contribution < -0.4 is 16.3 Å². The Balaban J connectivity index is 3.17. The Kier molecular flexibility index (Phi) is 4.14. The lowest BCUT2D eigenvalue weighted by Gasteiger charge is -1.79. The van der Waals surface area contributed by atoms with Gasteiger partial charge in [0.15, 0.2) is 0 Å². The number of hydrogen-bond acceptors (Lipinski definition) is 2. The molecule has 42 valence electrons. The third-order valence-electron chi connectivity index (χ3n) is 0.469. The third kappa shape index (κ3) is 3.82. The molecule has 0 aromatic carbocycles. The first-order chi connectivity index (χ1) is 3.31. The lowest BCUT2D eigenvalue weighted by molar-refractivity contribution is 0.969. The van der Waals surface area contributed by atoms with Gasteiger partial charge in [0.05, 0.1) is 13.7 Å². The molecule has 4 nitrogen and oxygen atoms in total. The van der Waals surface area contributed by atoms with Gasteiger partial charge in [-0.3, -0.25) is 0 Å². The van der Waals surface area contributed by atoms with E-state index in [0.29, 0.717) is 6.67 Å². The van der Waals surface area contributed by atoms with Crippen LogP contribution >= 0.6 is 8.01 Å². The Morgan fingerprint density at radius 3 is 2.57 bits per heavy atom. The zero-order valence-electron chi connectivity index (χ0n) is 4.26. The molecule has 0 aliphatic carbocycles. The van der Waals surface area contributed by atoms with Crippen molar-refractivity contribution in [2.24, 2.45) is 16.0 Å². The fraction of sp³-hybridized carbons (Fsp3) is 1.00. The SMILES string of the molecule is CN=[P+](N)NCN. The molecule has 5 N–H and O–H groups in total. The summed E-state index contributed by atoms with van der Waals surface area (Å²) in [7, 11) is 0.833. The molecular formula is C2H10N4P+. The number of rotatable bonds is 2. The lowest BCUT2D eigenvalue weighted by atomic mass is 11.3. The van der Waals surface area contributed by atoms with Crippen LogP contribution in [0.3, 0.4) is 0 Å². The summed E-state index contributed by atoms with van der Waals surface area (Å²) >= 11 is 0. The quantitative estimate of drug-likeness (QED) is 0.343. The van der Waals surface area contributed by atoms with Crippen molar-refractivity contribution in [1.82, 2.24) is 5.09 Å². The van der Waals surface area contributed by atoms with E-state index in [4.69, 9.17) is 11.2 Å². The standard InChI is InChI=1S/C2H10N4P/c1-5-7(4)6-2-3/h2-3H2,1H3,(H3,4,5,6)/q+1. The Bertz CT molecular complexity index is 70.1. The molecule has 0 fully saturated rings. The minimum atomic E-state index is -0.828. The number of hydrogen-bond donors (Lipinski definition) is 3. The molecular weight excluding hydrogens is 111 g/mol. The van der Waals surface area contributed by atoms with Crippen LogP contribution in [0.25, 0.3) is 0 Å². The third-order valence-corrected chi connectivity index (χ3v) is 1.41. The molecule has 0 aliphatic rings. The van der Waals surface area contributed by atoms with Gasteiger partial charge in [0.1, 0.15) is 0 Å². The predicted molar refractivity (Wildman–Crippen MR) is 31.6 cm³/mol. The Morgan fingerprint density at radius 2 is 2.43 bits per heavy atom. The summed E-state index contributed by atoms with van der Waals surface area (Å²) in [5.41, 5.74) is 10.4. The number of nitrogens with one attached hydrogen (secondary N) is 1. The van der Waals surface area contributed by atoms with Crippen molar-refractivity contribution in [1.29, 1.82) is 0 Å². The van der Waals surface area contributed by atoms with Crippen LogP contribution in [0.2, 0.25) is 0 Å². The van der Waals surface area contributed by atoms with Crippen LogP contribution in [-0.4, -0.2) is 13.7 Å². The normalized spacial score (nSPS) is 12.1. The van der Waals surface area contributed by atoms with Gasteiger partial charge in [-0.2, -0.15) is 0 Å². The average molecular weight is 121 g/mol. The first-order valence-electron chi connectivity index (χ1n) is 1.89. The predicted octanol–water partition coefficient (Wildman–Crippen LogP) is -0.424. The second kappa shape index (κ2) is 4.15. The van der Waals surface area contributed by atoms with Crippen LogP contribution in [0.4, 0.5) is 0 Å². The molecule has 0 bridgehead atoms. The highest BCUT2D eigenvalue weighted by Gasteiger charge is 1.95. The van der Waals surface area contributed by atoms with E-state index in [1.165, 1.54) is 0 Å². The van der Waals surface area contributed by atoms with Crippen molar-refractivity contribution in [3.8, 4) is 0 Å². The molecule has 1 atom stereocenters. The molecule has 0 amide bonds. The monoisotopic (exact) mass is 121 g/mol. The molecule has 0 aromatic heterocycles. The largest absolute Gasteiger partial charge is 0.391 e. The Hall–Kier alpha value is -0.0200. The summed E-state index contributed by atoms with van der Waals surface area (Å²) in [4.78, 5) is 0. The van der Waals surface area contributed by atoms with Gasteiger partial charge in [0, 0.05) is 0 Å². The average Bonchev–Trinajstić information content (AvgIpc) is 1.68. The summed E-state index contributed by atoms with van der Waals surface area (Å²) in [6.07, 6.45) is 0. The molecule has 0 rings (SSSR count). The lowest BCUT2D eigenvalue weighted by Crippen LogP contribution is -2.16. The smallest absolute Gasteiger partial charge is 0.315 e. The van der Waals surface area contributed by atoms with E-state index in [1.54, 1.807) is 7.05 Å². The van der Waals surface area contributed by atoms with E-state index in [1.807, 2.05) is 0 Å². The molecule has 0 heterocycles. The van der Waals surface area contributed by atoms with Crippen molar-refractivity contribution in [2.45, 2.75) is 0 Å². The molecule has 0 saturated carbocycles. The second-order valence-corrected chi connectivity index (χ2v) is 2.31. The van der Waals surface area contributed by atoms with E-state index < -0.39 is 8.01 Å². The van der Waals surface area contributed by atoms with Gasteiger partial charge in [0.2, 0.25) is 0 Å². The van der Waals surface area contributed by atoms with Gasteiger partial charge in [-0.1, -0.05) is 9.83 Å². The van der Waals surface area contributed by atoms with Crippen molar-refractivity contribution in [3.63, 3.8) is 0 Å². The first-order valence-corrected chi connectivity index (χ1v) is 3.25. The van der Waals surface area contributed by atoms with Crippen LogP contribution in [-0.2, 0) is 0 Å². The molecule has 0 aliphatic heterocycles. The maximum Gasteiger partial charge on any atom is 0.391 e. The molecule has 0 aromatic rings. The highest BCUT2D eigenvalue weighted by Crippen LogP contribution is 2.01. The molecule has 0 saturated heterocycles. The van der Waals surface area contributed by atoms with E-state index in [-0.39, 0.29) is 0 Å². The fourth-order valence-corrected chi connectivity index (χ4v) is 0.493. The molecule has 0 spiro atoms. The van der Waals surface area contributed by atoms with E-state index in [0.717, 1.165) is 0 Å². The highest BCUT2D eigenvalue weighted by molar-refractivity contribution is 7.42. The molecule has 7 heavy (non-hydrogen) atoms. The van der Waals surface area contributed by atoms with E-state index in [9.17, 15) is 0 Å². The second-order valence-electron chi connectivity index (χ2n) is 0.907. The van der Waals surface area contributed by atoms with Gasteiger partial charge >= 0.3 is 8.01 Å². The Morgan fingerprint density at radius 1 is 1.86 bits per heavy atom. The minimum absolute atomic E-state index is 0.402. The van der Waals surface area contributed by atoms with Crippen molar-refractivity contribution in [2.75, 3.05) is 13.7 Å². The zero-order valence-corrected chi connectivity index (χ0v) is 5.15. The maximum absolute atomic E-state index is 5.29. The topological polar surface area (TPSA) is 76.4 Å². The maximum atomic E-state index is 5.29. The molecule has 0 radical (unpaired) electrons. The zero-order chi connectivity index (χ0) is 5.70. The summed E-state index contributed by atoms with van der Waals surface area (Å²) in [5, 5.41) is 2.75. The van der Waals surface area contributed by atoms with E-state index >= 15 is 0 Å². The summed E-state index contributed by atoms with van der Waals surface area (Å²) in [5.74, 6) is 0. The summed E-state index contributed by atoms with van der Waals surface area (Å²) < 4.78 is 3.73. The van der Waals surface area contributed by atoms with Gasteiger partial charge < -0.3 is 5.73 Å². The summed E-state index contributed by atoms with van der Waals surface area (Å²) in [6, 6.07) is 0. The van der Waals surface area contributed by atoms with Crippen LogP contribution in [0.1, 0.15) is 0 Å². The number of nitrogens with zero attached hydrogens (tertiary/aromatic N) is 1. The highest BCUT2D eigenvalue weighted by atomic mass is 31.1.